The summed E-state index contributed by atoms with van der Waals surface area (Å²) in [6.45, 7) is 5.53. The molecule has 0 atom stereocenters. The van der Waals surface area contributed by atoms with Gasteiger partial charge in [0, 0.05) is 20.0 Å². The topological polar surface area (TPSA) is 108 Å². The van der Waals surface area contributed by atoms with E-state index in [9.17, 15) is 19.5 Å². The van der Waals surface area contributed by atoms with Crippen molar-refractivity contribution in [1.29, 1.82) is 0 Å². The van der Waals surface area contributed by atoms with Crippen LogP contribution in [0.5, 0.6) is 0 Å². The number of carboxylic acid groups (broad SMARTS) is 1. The van der Waals surface area contributed by atoms with Crippen molar-refractivity contribution in [1.82, 2.24) is 16.0 Å². The van der Waals surface area contributed by atoms with Crippen LogP contribution in [0, 0.1) is 0 Å². The molecule has 0 aromatic carbocycles. The molecule has 2 amide bonds. The molecule has 7 nitrogen and oxygen atoms in total. The fourth-order valence-corrected chi connectivity index (χ4v) is 1.63. The molecule has 0 heterocycles. The summed E-state index contributed by atoms with van der Waals surface area (Å²) in [7, 11) is 0. The van der Waals surface area contributed by atoms with Crippen LogP contribution in [0.3, 0.4) is 0 Å². The van der Waals surface area contributed by atoms with Gasteiger partial charge in [-0.2, -0.15) is 0 Å². The maximum absolute atomic E-state index is 11.5. The van der Waals surface area contributed by atoms with Gasteiger partial charge >= 0.3 is 5.97 Å². The van der Waals surface area contributed by atoms with E-state index in [1.54, 1.807) is 13.8 Å². The number of carbonyl (C=O) groups excluding carboxylic acids is 2. The van der Waals surface area contributed by atoms with Gasteiger partial charge in [0.05, 0.1) is 6.54 Å². The van der Waals surface area contributed by atoms with Gasteiger partial charge in [-0.1, -0.05) is 13.8 Å². The van der Waals surface area contributed by atoms with E-state index < -0.39 is 11.5 Å². The molecule has 0 saturated carbocycles. The van der Waals surface area contributed by atoms with E-state index in [0.29, 0.717) is 25.9 Å². The van der Waals surface area contributed by atoms with Gasteiger partial charge < -0.3 is 15.7 Å². The molecule has 0 unspecified atom stereocenters. The van der Waals surface area contributed by atoms with Crippen LogP contribution in [0.15, 0.2) is 0 Å². The first-order valence-corrected chi connectivity index (χ1v) is 6.37. The van der Waals surface area contributed by atoms with Crippen molar-refractivity contribution >= 4 is 17.8 Å². The first-order valence-electron chi connectivity index (χ1n) is 6.37. The molecule has 0 radical (unpaired) electrons. The highest BCUT2D eigenvalue weighted by molar-refractivity contribution is 5.82. The van der Waals surface area contributed by atoms with Crippen LogP contribution in [-0.2, 0) is 14.4 Å². The summed E-state index contributed by atoms with van der Waals surface area (Å²) in [6.07, 6.45) is 0.802. The van der Waals surface area contributed by atoms with Crippen LogP contribution in [0.1, 0.15) is 33.6 Å². The molecule has 19 heavy (non-hydrogen) atoms. The van der Waals surface area contributed by atoms with Crippen molar-refractivity contribution < 1.29 is 19.5 Å². The predicted molar refractivity (Wildman–Crippen MR) is 70.6 cm³/mol. The SMILES string of the molecule is CCC(CC)(NCC(=O)NCCNC(C)=O)C(=O)O. The standard InChI is InChI=1S/C12H23N3O4/c1-4-12(5-2,11(18)19)15-8-10(17)14-7-6-13-9(3)16/h15H,4-8H2,1-3H3,(H,13,16)(H,14,17)(H,18,19). The maximum Gasteiger partial charge on any atom is 0.323 e. The second-order valence-electron chi connectivity index (χ2n) is 4.28. The highest BCUT2D eigenvalue weighted by atomic mass is 16.4. The molecule has 0 aromatic heterocycles. The molecular formula is C12H23N3O4. The Bertz CT molecular complexity index is 327. The van der Waals surface area contributed by atoms with Crippen LogP contribution in [0.2, 0.25) is 0 Å². The van der Waals surface area contributed by atoms with Crippen molar-refractivity contribution in [3.63, 3.8) is 0 Å². The summed E-state index contributed by atoms with van der Waals surface area (Å²) < 4.78 is 0. The Morgan fingerprint density at radius 1 is 1.05 bits per heavy atom. The smallest absolute Gasteiger partial charge is 0.323 e. The number of amides is 2. The molecule has 0 aliphatic carbocycles. The van der Waals surface area contributed by atoms with E-state index in [4.69, 9.17) is 0 Å². The van der Waals surface area contributed by atoms with Crippen molar-refractivity contribution in [3.05, 3.63) is 0 Å². The van der Waals surface area contributed by atoms with Crippen molar-refractivity contribution in [3.8, 4) is 0 Å². The van der Waals surface area contributed by atoms with Crippen LogP contribution in [-0.4, -0.2) is 48.1 Å². The minimum absolute atomic E-state index is 0.0615. The summed E-state index contributed by atoms with van der Waals surface area (Å²) in [5.74, 6) is -1.41. The number of carboxylic acids is 1. The zero-order valence-corrected chi connectivity index (χ0v) is 11.7. The fraction of sp³-hybridized carbons (Fsp3) is 0.750. The highest BCUT2D eigenvalue weighted by Crippen LogP contribution is 2.14. The van der Waals surface area contributed by atoms with Crippen LogP contribution in [0.25, 0.3) is 0 Å². The number of rotatable bonds is 9. The lowest BCUT2D eigenvalue weighted by Gasteiger charge is -2.27. The molecule has 0 aliphatic heterocycles. The zero-order valence-electron chi connectivity index (χ0n) is 11.7. The Morgan fingerprint density at radius 3 is 2.00 bits per heavy atom. The molecule has 0 fully saturated rings. The van der Waals surface area contributed by atoms with Crippen molar-refractivity contribution in [2.24, 2.45) is 0 Å². The molecule has 4 N–H and O–H groups in total. The van der Waals surface area contributed by atoms with E-state index in [1.165, 1.54) is 6.92 Å². The van der Waals surface area contributed by atoms with E-state index in [-0.39, 0.29) is 18.4 Å². The number of nitrogens with one attached hydrogen (secondary N) is 3. The lowest BCUT2D eigenvalue weighted by atomic mass is 9.93. The summed E-state index contributed by atoms with van der Waals surface area (Å²) >= 11 is 0. The van der Waals surface area contributed by atoms with Gasteiger partial charge in [0.1, 0.15) is 5.54 Å². The second-order valence-corrected chi connectivity index (χ2v) is 4.28. The second kappa shape index (κ2) is 8.47. The van der Waals surface area contributed by atoms with Gasteiger partial charge in [-0.15, -0.1) is 0 Å². The summed E-state index contributed by atoms with van der Waals surface area (Å²) in [5, 5.41) is 17.1. The lowest BCUT2D eigenvalue weighted by molar-refractivity contribution is -0.145. The van der Waals surface area contributed by atoms with Gasteiger partial charge in [0.2, 0.25) is 11.8 Å². The Kier molecular flexibility index (Phi) is 7.74. The molecular weight excluding hydrogens is 250 g/mol. The molecule has 0 aliphatic rings. The van der Waals surface area contributed by atoms with E-state index in [2.05, 4.69) is 16.0 Å². The van der Waals surface area contributed by atoms with Crippen LogP contribution < -0.4 is 16.0 Å². The first kappa shape index (κ1) is 17.4. The molecule has 110 valence electrons. The molecule has 0 aromatic rings. The third-order valence-corrected chi connectivity index (χ3v) is 3.02. The van der Waals surface area contributed by atoms with E-state index in [0.717, 1.165) is 0 Å². The number of hydrogen-bond acceptors (Lipinski definition) is 4. The van der Waals surface area contributed by atoms with Crippen LogP contribution >= 0.6 is 0 Å². The van der Waals surface area contributed by atoms with Crippen LogP contribution in [0.4, 0.5) is 0 Å². The predicted octanol–water partition coefficient (Wildman–Crippen LogP) is -0.528. The van der Waals surface area contributed by atoms with Crippen molar-refractivity contribution in [2.45, 2.75) is 39.2 Å². The monoisotopic (exact) mass is 273 g/mol. The number of aliphatic carboxylic acids is 1. The molecule has 7 heteroatoms. The first-order chi connectivity index (χ1) is 8.88. The lowest BCUT2D eigenvalue weighted by Crippen LogP contribution is -2.54. The van der Waals surface area contributed by atoms with Gasteiger partial charge in [0.25, 0.3) is 0 Å². The summed E-state index contributed by atoms with van der Waals surface area (Å²) in [4.78, 5) is 33.3. The highest BCUT2D eigenvalue weighted by Gasteiger charge is 2.34. The summed E-state index contributed by atoms with van der Waals surface area (Å²) in [5.41, 5.74) is -1.06. The normalized spacial score (nSPS) is 10.9. The summed E-state index contributed by atoms with van der Waals surface area (Å²) in [6, 6.07) is 0. The Hall–Kier alpha value is -1.63. The molecule has 0 saturated heterocycles. The Labute approximate surface area is 113 Å². The zero-order chi connectivity index (χ0) is 14.9. The quantitative estimate of drug-likeness (QED) is 0.422. The number of carbonyl (C=O) groups is 3. The molecule has 0 bridgehead atoms. The number of hydrogen-bond donors (Lipinski definition) is 4. The third kappa shape index (κ3) is 6.19. The average molecular weight is 273 g/mol. The van der Waals surface area contributed by atoms with Crippen molar-refractivity contribution in [2.75, 3.05) is 19.6 Å². The Morgan fingerprint density at radius 2 is 1.58 bits per heavy atom. The van der Waals surface area contributed by atoms with Gasteiger partial charge in [-0.05, 0) is 12.8 Å². The van der Waals surface area contributed by atoms with Gasteiger partial charge in [-0.3, -0.25) is 19.7 Å². The largest absolute Gasteiger partial charge is 0.480 e. The minimum atomic E-state index is -1.06. The maximum atomic E-state index is 11.5. The van der Waals surface area contributed by atoms with E-state index in [1.807, 2.05) is 0 Å². The third-order valence-electron chi connectivity index (χ3n) is 3.02. The van der Waals surface area contributed by atoms with Gasteiger partial charge in [-0.25, -0.2) is 0 Å². The Balaban J connectivity index is 4.06. The van der Waals surface area contributed by atoms with Gasteiger partial charge in [0.15, 0.2) is 0 Å². The fourth-order valence-electron chi connectivity index (χ4n) is 1.63. The molecule has 0 spiro atoms. The van der Waals surface area contributed by atoms with E-state index >= 15 is 0 Å². The molecule has 0 rings (SSSR count). The minimum Gasteiger partial charge on any atom is -0.480 e. The average Bonchev–Trinajstić information content (AvgIpc) is 2.36.